The summed E-state index contributed by atoms with van der Waals surface area (Å²) in [4.78, 5) is 21.1. The zero-order valence-corrected chi connectivity index (χ0v) is 17.4. The Labute approximate surface area is 180 Å². The third kappa shape index (κ3) is 5.33. The van der Waals surface area contributed by atoms with Crippen molar-refractivity contribution in [2.45, 2.75) is 13.8 Å². The Morgan fingerprint density at radius 1 is 0.903 bits per heavy atom. The van der Waals surface area contributed by atoms with Crippen molar-refractivity contribution in [3.63, 3.8) is 0 Å². The molecule has 2 heterocycles. The minimum absolute atomic E-state index is 0.348. The number of ether oxygens (including phenoxy) is 2. The van der Waals surface area contributed by atoms with Crippen molar-refractivity contribution in [1.29, 1.82) is 0 Å². The molecule has 0 atom stereocenters. The van der Waals surface area contributed by atoms with Gasteiger partial charge >= 0.3 is 6.03 Å². The first kappa shape index (κ1) is 20.3. The Balaban J connectivity index is 1.35. The van der Waals surface area contributed by atoms with Gasteiger partial charge in [0.25, 0.3) is 0 Å². The summed E-state index contributed by atoms with van der Waals surface area (Å²) in [6, 6.07) is 14.2. The molecule has 4 rings (SSSR count). The summed E-state index contributed by atoms with van der Waals surface area (Å²) in [5.74, 6) is 2.58. The zero-order valence-electron chi connectivity index (χ0n) is 17.4. The van der Waals surface area contributed by atoms with Crippen molar-refractivity contribution in [3.8, 4) is 11.5 Å². The van der Waals surface area contributed by atoms with Crippen molar-refractivity contribution in [2.75, 3.05) is 41.0 Å². The average Bonchev–Trinajstić information content (AvgIpc) is 2.75. The number of carbonyl (C=O) groups is 1. The number of benzene rings is 2. The summed E-state index contributed by atoms with van der Waals surface area (Å²) in [5, 5.41) is 12.0. The molecule has 0 saturated carbocycles. The summed E-state index contributed by atoms with van der Waals surface area (Å²) < 4.78 is 11.0. The van der Waals surface area contributed by atoms with E-state index in [1.807, 2.05) is 44.2 Å². The van der Waals surface area contributed by atoms with Crippen molar-refractivity contribution < 1.29 is 14.3 Å². The average molecular weight is 420 g/mol. The van der Waals surface area contributed by atoms with E-state index < -0.39 is 0 Å². The van der Waals surface area contributed by atoms with Crippen LogP contribution in [-0.4, -0.2) is 35.8 Å². The van der Waals surface area contributed by atoms with Crippen LogP contribution in [0.4, 0.5) is 33.6 Å². The van der Waals surface area contributed by atoms with E-state index in [4.69, 9.17) is 9.47 Å². The summed E-state index contributed by atoms with van der Waals surface area (Å²) in [6.07, 6.45) is 0. The van der Waals surface area contributed by atoms with Gasteiger partial charge in [-0.05, 0) is 50.2 Å². The fourth-order valence-electron chi connectivity index (χ4n) is 3.07. The number of nitrogens with one attached hydrogen (secondary N) is 4. The molecule has 0 radical (unpaired) electrons. The maximum Gasteiger partial charge on any atom is 0.323 e. The molecule has 2 amide bonds. The van der Waals surface area contributed by atoms with Crippen LogP contribution in [0.25, 0.3) is 0 Å². The number of anilines is 5. The summed E-state index contributed by atoms with van der Waals surface area (Å²) in [5.41, 5.74) is 2.99. The van der Waals surface area contributed by atoms with Crippen LogP contribution in [0.3, 0.4) is 0 Å². The highest BCUT2D eigenvalue weighted by Crippen LogP contribution is 2.32. The number of rotatable bonds is 6. The molecule has 1 aliphatic rings. The molecule has 0 fully saturated rings. The number of fused-ring (bicyclic) bond motifs is 1. The van der Waals surface area contributed by atoms with Gasteiger partial charge in [-0.15, -0.1) is 0 Å². The fourth-order valence-corrected chi connectivity index (χ4v) is 3.07. The largest absolute Gasteiger partial charge is 0.486 e. The van der Waals surface area contributed by atoms with E-state index in [-0.39, 0.29) is 6.03 Å². The van der Waals surface area contributed by atoms with E-state index in [2.05, 4.69) is 31.2 Å². The number of aromatic nitrogens is 2. The topological polar surface area (TPSA) is 109 Å². The molecule has 1 aliphatic heterocycles. The highest BCUT2D eigenvalue weighted by atomic mass is 16.6. The third-order valence-electron chi connectivity index (χ3n) is 4.40. The van der Waals surface area contributed by atoms with Gasteiger partial charge in [-0.3, -0.25) is 0 Å². The number of amides is 2. The van der Waals surface area contributed by atoms with Gasteiger partial charge in [-0.1, -0.05) is 0 Å². The minimum Gasteiger partial charge on any atom is -0.486 e. The van der Waals surface area contributed by atoms with E-state index in [9.17, 15) is 4.79 Å². The minimum atomic E-state index is -0.348. The lowest BCUT2D eigenvalue weighted by Crippen LogP contribution is -2.20. The first-order valence-corrected chi connectivity index (χ1v) is 10.0. The van der Waals surface area contributed by atoms with E-state index in [1.165, 1.54) is 0 Å². The lowest BCUT2D eigenvalue weighted by Gasteiger charge is -2.19. The molecule has 3 aromatic rings. The SMILES string of the molecule is CCNc1nc(C)cc(Nc2ccc(NC(=O)Nc3ccc4c(c3)OCCO4)cc2)n1. The Kier molecular flexibility index (Phi) is 6.02. The van der Waals surface area contributed by atoms with Gasteiger partial charge in [-0.2, -0.15) is 4.98 Å². The van der Waals surface area contributed by atoms with Gasteiger partial charge < -0.3 is 30.7 Å². The van der Waals surface area contributed by atoms with E-state index in [0.29, 0.717) is 47.9 Å². The van der Waals surface area contributed by atoms with Crippen LogP contribution in [0.15, 0.2) is 48.5 Å². The lowest BCUT2D eigenvalue weighted by atomic mass is 10.2. The summed E-state index contributed by atoms with van der Waals surface area (Å²) in [6.45, 7) is 5.68. The molecule has 0 unspecified atom stereocenters. The smallest absolute Gasteiger partial charge is 0.323 e. The number of hydrogen-bond acceptors (Lipinski definition) is 7. The Hall–Kier alpha value is -4.01. The Morgan fingerprint density at radius 3 is 2.35 bits per heavy atom. The van der Waals surface area contributed by atoms with Gasteiger partial charge in [0.2, 0.25) is 5.95 Å². The van der Waals surface area contributed by atoms with Crippen LogP contribution in [0, 0.1) is 6.92 Å². The van der Waals surface area contributed by atoms with Gasteiger partial charge in [0.05, 0.1) is 0 Å². The fraction of sp³-hybridized carbons (Fsp3) is 0.227. The predicted molar refractivity (Wildman–Crippen MR) is 121 cm³/mol. The van der Waals surface area contributed by atoms with Crippen molar-refractivity contribution in [2.24, 2.45) is 0 Å². The number of carbonyl (C=O) groups excluding carboxylic acids is 1. The van der Waals surface area contributed by atoms with E-state index >= 15 is 0 Å². The second-order valence-electron chi connectivity index (χ2n) is 6.89. The van der Waals surface area contributed by atoms with Gasteiger partial charge in [0, 0.05) is 41.4 Å². The highest BCUT2D eigenvalue weighted by molar-refractivity contribution is 6.00. The van der Waals surface area contributed by atoms with Crippen LogP contribution < -0.4 is 30.7 Å². The Morgan fingerprint density at radius 2 is 1.58 bits per heavy atom. The standard InChI is InChI=1S/C22H24N6O3/c1-3-23-21-24-14(2)12-20(28-21)25-15-4-6-16(7-5-15)26-22(29)27-17-8-9-18-19(13-17)31-11-10-30-18/h4-9,12-13H,3,10-11H2,1-2H3,(H2,26,27,29)(H2,23,24,25,28). The molecule has 0 aliphatic carbocycles. The summed E-state index contributed by atoms with van der Waals surface area (Å²) in [7, 11) is 0. The monoisotopic (exact) mass is 420 g/mol. The molecule has 160 valence electrons. The van der Waals surface area contributed by atoms with Crippen molar-refractivity contribution in [1.82, 2.24) is 9.97 Å². The third-order valence-corrected chi connectivity index (χ3v) is 4.40. The molecule has 4 N–H and O–H groups in total. The number of hydrogen-bond donors (Lipinski definition) is 4. The molecular formula is C22H24N6O3. The first-order valence-electron chi connectivity index (χ1n) is 10.0. The van der Waals surface area contributed by atoms with Crippen LogP contribution in [0.5, 0.6) is 11.5 Å². The molecular weight excluding hydrogens is 396 g/mol. The molecule has 0 spiro atoms. The number of aryl methyl sites for hydroxylation is 1. The normalized spacial score (nSPS) is 12.1. The molecule has 1 aromatic heterocycles. The summed E-state index contributed by atoms with van der Waals surface area (Å²) >= 11 is 0. The lowest BCUT2D eigenvalue weighted by molar-refractivity contribution is 0.171. The van der Waals surface area contributed by atoms with Crippen LogP contribution in [0.2, 0.25) is 0 Å². The molecule has 31 heavy (non-hydrogen) atoms. The molecule has 9 nitrogen and oxygen atoms in total. The maximum absolute atomic E-state index is 12.3. The van der Waals surface area contributed by atoms with Crippen molar-refractivity contribution in [3.05, 3.63) is 54.2 Å². The van der Waals surface area contributed by atoms with Crippen LogP contribution in [-0.2, 0) is 0 Å². The van der Waals surface area contributed by atoms with E-state index in [1.54, 1.807) is 18.2 Å². The number of urea groups is 1. The molecule has 9 heteroatoms. The molecule has 2 aromatic carbocycles. The molecule has 0 saturated heterocycles. The van der Waals surface area contributed by atoms with Crippen molar-refractivity contribution >= 4 is 34.9 Å². The van der Waals surface area contributed by atoms with Gasteiger partial charge in [0.1, 0.15) is 19.0 Å². The number of nitrogens with zero attached hydrogens (tertiary/aromatic N) is 2. The van der Waals surface area contributed by atoms with Crippen LogP contribution >= 0.6 is 0 Å². The molecule has 0 bridgehead atoms. The highest BCUT2D eigenvalue weighted by Gasteiger charge is 2.13. The predicted octanol–water partition coefficient (Wildman–Crippen LogP) is 4.38. The Bertz CT molecular complexity index is 1070. The second kappa shape index (κ2) is 9.21. The van der Waals surface area contributed by atoms with Crippen LogP contribution in [0.1, 0.15) is 12.6 Å². The first-order chi connectivity index (χ1) is 15.1. The quantitative estimate of drug-likeness (QED) is 0.469. The second-order valence-corrected chi connectivity index (χ2v) is 6.89. The van der Waals surface area contributed by atoms with Gasteiger partial charge in [0.15, 0.2) is 11.5 Å². The maximum atomic E-state index is 12.3. The van der Waals surface area contributed by atoms with E-state index in [0.717, 1.165) is 17.9 Å². The zero-order chi connectivity index (χ0) is 21.6. The van der Waals surface area contributed by atoms with Gasteiger partial charge in [-0.25, -0.2) is 9.78 Å².